The van der Waals surface area contributed by atoms with E-state index in [0.717, 1.165) is 31.4 Å². The molecule has 1 aromatic heterocycles. The molecule has 0 radical (unpaired) electrons. The molecule has 25 heavy (non-hydrogen) atoms. The summed E-state index contributed by atoms with van der Waals surface area (Å²) in [6, 6.07) is 5.86. The molecule has 1 aliphatic heterocycles. The first-order valence-electron chi connectivity index (χ1n) is 9.45. The molecule has 3 rings (SSSR count). The number of piperidine rings is 1. The number of likely N-dealkylation sites (tertiary alicyclic amines) is 1. The first-order chi connectivity index (χ1) is 12.2. The van der Waals surface area contributed by atoms with Gasteiger partial charge in [-0.1, -0.05) is 25.3 Å². The van der Waals surface area contributed by atoms with Crippen molar-refractivity contribution in [1.29, 1.82) is 0 Å². The van der Waals surface area contributed by atoms with E-state index in [-0.39, 0.29) is 17.9 Å². The van der Waals surface area contributed by atoms with Crippen molar-refractivity contribution in [3.05, 3.63) is 30.1 Å². The number of pyridine rings is 1. The topological polar surface area (TPSA) is 74.3 Å². The molecule has 1 aliphatic carbocycles. The largest absolute Gasteiger partial charge is 0.353 e. The van der Waals surface area contributed by atoms with Gasteiger partial charge in [0, 0.05) is 25.3 Å². The molecule has 0 bridgehead atoms. The Morgan fingerprint density at radius 1 is 1.12 bits per heavy atom. The van der Waals surface area contributed by atoms with Crippen LogP contribution in [0.4, 0.5) is 4.79 Å². The lowest BCUT2D eigenvalue weighted by atomic mass is 9.93. The first kappa shape index (κ1) is 17.7. The number of hydrogen-bond donors (Lipinski definition) is 2. The maximum absolute atomic E-state index is 12.5. The second kappa shape index (κ2) is 8.83. The number of nitrogens with zero attached hydrogens (tertiary/aromatic N) is 2. The molecule has 0 unspecified atom stereocenters. The fourth-order valence-corrected chi connectivity index (χ4v) is 3.72. The van der Waals surface area contributed by atoms with E-state index < -0.39 is 0 Å². The summed E-state index contributed by atoms with van der Waals surface area (Å²) >= 11 is 0. The van der Waals surface area contributed by atoms with Gasteiger partial charge in [0.2, 0.25) is 5.91 Å². The van der Waals surface area contributed by atoms with E-state index in [2.05, 4.69) is 15.6 Å². The third kappa shape index (κ3) is 5.18. The van der Waals surface area contributed by atoms with Gasteiger partial charge < -0.3 is 15.5 Å². The fourth-order valence-electron chi connectivity index (χ4n) is 3.72. The number of hydrogen-bond acceptors (Lipinski definition) is 3. The van der Waals surface area contributed by atoms with Crippen molar-refractivity contribution in [2.24, 2.45) is 5.92 Å². The molecule has 1 atom stereocenters. The van der Waals surface area contributed by atoms with Gasteiger partial charge in [-0.25, -0.2) is 4.79 Å². The molecule has 3 amide bonds. The van der Waals surface area contributed by atoms with Crippen molar-refractivity contribution >= 4 is 11.9 Å². The van der Waals surface area contributed by atoms with E-state index in [1.807, 2.05) is 18.2 Å². The van der Waals surface area contributed by atoms with Gasteiger partial charge in [-0.15, -0.1) is 0 Å². The molecule has 1 saturated heterocycles. The van der Waals surface area contributed by atoms with Crippen LogP contribution in [0.15, 0.2) is 24.4 Å². The van der Waals surface area contributed by atoms with Crippen LogP contribution in [0.3, 0.4) is 0 Å². The molecule has 1 saturated carbocycles. The lowest BCUT2D eigenvalue weighted by Gasteiger charge is -2.33. The quantitative estimate of drug-likeness (QED) is 0.881. The minimum atomic E-state index is -0.110. The Hall–Kier alpha value is -2.11. The summed E-state index contributed by atoms with van der Waals surface area (Å²) < 4.78 is 0. The zero-order valence-corrected chi connectivity index (χ0v) is 14.7. The van der Waals surface area contributed by atoms with Crippen LogP contribution in [-0.2, 0) is 11.3 Å². The molecule has 1 aromatic rings. The Morgan fingerprint density at radius 3 is 2.72 bits per heavy atom. The Kier molecular flexibility index (Phi) is 6.25. The molecule has 6 heteroatoms. The lowest BCUT2D eigenvalue weighted by molar-refractivity contribution is -0.127. The van der Waals surface area contributed by atoms with Gasteiger partial charge in [-0.05, 0) is 37.8 Å². The summed E-state index contributed by atoms with van der Waals surface area (Å²) in [5.74, 6) is 0.0328. The lowest BCUT2D eigenvalue weighted by Crippen LogP contribution is -2.50. The number of amides is 3. The number of carbonyl (C=O) groups excluding carboxylic acids is 2. The van der Waals surface area contributed by atoms with E-state index in [1.165, 1.54) is 19.3 Å². The third-order valence-corrected chi connectivity index (χ3v) is 5.18. The molecule has 2 fully saturated rings. The average molecular weight is 344 g/mol. The second-order valence-corrected chi connectivity index (χ2v) is 7.11. The number of rotatable bonds is 4. The van der Waals surface area contributed by atoms with Crippen LogP contribution < -0.4 is 10.6 Å². The van der Waals surface area contributed by atoms with Crippen LogP contribution in [0, 0.1) is 5.92 Å². The maximum atomic E-state index is 12.5. The summed E-state index contributed by atoms with van der Waals surface area (Å²) in [6.45, 7) is 1.63. The summed E-state index contributed by atoms with van der Waals surface area (Å²) in [7, 11) is 0. The number of nitrogens with one attached hydrogen (secondary N) is 2. The zero-order valence-electron chi connectivity index (χ0n) is 14.7. The molecular formula is C19H28N4O2. The monoisotopic (exact) mass is 344 g/mol. The normalized spacial score (nSPS) is 21.6. The SMILES string of the molecule is O=C(NC1CCCCC1)[C@@H]1CCCN(C(=O)NCc2ccccn2)C1. The van der Waals surface area contributed by atoms with Gasteiger partial charge in [0.25, 0.3) is 0 Å². The second-order valence-electron chi connectivity index (χ2n) is 7.11. The van der Waals surface area contributed by atoms with E-state index >= 15 is 0 Å². The molecule has 136 valence electrons. The number of carbonyl (C=O) groups is 2. The standard InChI is InChI=1S/C19H28N4O2/c24-18(22-16-8-2-1-3-9-16)15-7-6-12-23(14-15)19(25)21-13-17-10-4-5-11-20-17/h4-5,10-11,15-16H,1-3,6-9,12-14H2,(H,21,25)(H,22,24)/t15-/m1/s1. The molecular weight excluding hydrogens is 316 g/mol. The molecule has 2 heterocycles. The van der Waals surface area contributed by atoms with Crippen LogP contribution in [0.2, 0.25) is 0 Å². The first-order valence-corrected chi connectivity index (χ1v) is 9.45. The van der Waals surface area contributed by atoms with Crippen molar-refractivity contribution in [2.75, 3.05) is 13.1 Å². The van der Waals surface area contributed by atoms with Crippen molar-refractivity contribution in [3.63, 3.8) is 0 Å². The van der Waals surface area contributed by atoms with Crippen molar-refractivity contribution in [2.45, 2.75) is 57.5 Å². The summed E-state index contributed by atoms with van der Waals surface area (Å²) in [4.78, 5) is 30.9. The van der Waals surface area contributed by atoms with Gasteiger partial charge in [0.05, 0.1) is 18.2 Å². The van der Waals surface area contributed by atoms with Crippen LogP contribution in [0.25, 0.3) is 0 Å². The highest BCUT2D eigenvalue weighted by Crippen LogP contribution is 2.20. The highest BCUT2D eigenvalue weighted by Gasteiger charge is 2.29. The Labute approximate surface area is 149 Å². The molecule has 0 aromatic carbocycles. The summed E-state index contributed by atoms with van der Waals surface area (Å²) in [5.41, 5.74) is 0.833. The highest BCUT2D eigenvalue weighted by molar-refractivity contribution is 5.81. The summed E-state index contributed by atoms with van der Waals surface area (Å²) in [5, 5.41) is 6.10. The Bertz CT molecular complexity index is 572. The molecule has 2 aliphatic rings. The van der Waals surface area contributed by atoms with Crippen LogP contribution in [-0.4, -0.2) is 41.0 Å². The van der Waals surface area contributed by atoms with Crippen molar-refractivity contribution in [3.8, 4) is 0 Å². The van der Waals surface area contributed by atoms with Crippen LogP contribution >= 0.6 is 0 Å². The third-order valence-electron chi connectivity index (χ3n) is 5.18. The van der Waals surface area contributed by atoms with Crippen LogP contribution in [0.5, 0.6) is 0 Å². The smallest absolute Gasteiger partial charge is 0.317 e. The highest BCUT2D eigenvalue weighted by atomic mass is 16.2. The van der Waals surface area contributed by atoms with Gasteiger partial charge >= 0.3 is 6.03 Å². The van der Waals surface area contributed by atoms with Crippen LogP contribution in [0.1, 0.15) is 50.6 Å². The predicted octanol–water partition coefficient (Wildman–Crippen LogP) is 2.45. The number of aromatic nitrogens is 1. The number of urea groups is 1. The fraction of sp³-hybridized carbons (Fsp3) is 0.632. The molecule has 6 nitrogen and oxygen atoms in total. The minimum Gasteiger partial charge on any atom is -0.353 e. The Balaban J connectivity index is 1.46. The van der Waals surface area contributed by atoms with E-state index in [9.17, 15) is 9.59 Å². The van der Waals surface area contributed by atoms with E-state index in [4.69, 9.17) is 0 Å². The van der Waals surface area contributed by atoms with Gasteiger partial charge in [0.15, 0.2) is 0 Å². The van der Waals surface area contributed by atoms with Gasteiger partial charge in [-0.2, -0.15) is 0 Å². The van der Waals surface area contributed by atoms with Crippen molar-refractivity contribution in [1.82, 2.24) is 20.5 Å². The van der Waals surface area contributed by atoms with Gasteiger partial charge in [0.1, 0.15) is 0 Å². The Morgan fingerprint density at radius 2 is 1.96 bits per heavy atom. The van der Waals surface area contributed by atoms with Crippen molar-refractivity contribution < 1.29 is 9.59 Å². The maximum Gasteiger partial charge on any atom is 0.317 e. The van der Waals surface area contributed by atoms with E-state index in [1.54, 1.807) is 11.1 Å². The summed E-state index contributed by atoms with van der Waals surface area (Å²) in [6.07, 6.45) is 9.32. The van der Waals surface area contributed by atoms with E-state index in [0.29, 0.717) is 25.7 Å². The van der Waals surface area contributed by atoms with Gasteiger partial charge in [-0.3, -0.25) is 9.78 Å². The molecule has 2 N–H and O–H groups in total. The predicted molar refractivity (Wildman–Crippen MR) is 95.8 cm³/mol. The zero-order chi connectivity index (χ0) is 17.5. The minimum absolute atomic E-state index is 0.0868. The average Bonchev–Trinajstić information content (AvgIpc) is 2.68. The molecule has 0 spiro atoms.